The molecule has 37 heavy (non-hydrogen) atoms. The van der Waals surface area contributed by atoms with Gasteiger partial charge in [0.1, 0.15) is 23.9 Å². The first-order valence-electron chi connectivity index (χ1n) is 11.5. The minimum Gasteiger partial charge on any atom is -0.493 e. The van der Waals surface area contributed by atoms with E-state index >= 15 is 0 Å². The van der Waals surface area contributed by atoms with Crippen molar-refractivity contribution < 1.29 is 14.3 Å². The molecule has 4 rings (SSSR count). The Morgan fingerprint density at radius 2 is 1.70 bits per heavy atom. The van der Waals surface area contributed by atoms with Crippen LogP contribution in [0, 0.1) is 18.3 Å². The average Bonchev–Trinajstić information content (AvgIpc) is 3.14. The van der Waals surface area contributed by atoms with Gasteiger partial charge in [-0.05, 0) is 48.4 Å². The Hall–Kier alpha value is -5.03. The fraction of sp³-hybridized carbons (Fsp3) is 0.138. The van der Waals surface area contributed by atoms with E-state index in [1.54, 1.807) is 49.0 Å². The number of nitriles is 1. The largest absolute Gasteiger partial charge is 0.493 e. The minimum absolute atomic E-state index is 0.111. The molecular weight excluding hydrogens is 468 g/mol. The van der Waals surface area contributed by atoms with Crippen molar-refractivity contribution >= 4 is 17.7 Å². The summed E-state index contributed by atoms with van der Waals surface area (Å²) in [6.45, 7) is 2.10. The van der Waals surface area contributed by atoms with Gasteiger partial charge in [0.15, 0.2) is 11.5 Å². The van der Waals surface area contributed by atoms with Crippen molar-refractivity contribution in [3.63, 3.8) is 0 Å². The summed E-state index contributed by atoms with van der Waals surface area (Å²) < 4.78 is 14.4. The number of hydrogen-bond acceptors (Lipinski definition) is 5. The Morgan fingerprint density at radius 3 is 2.35 bits per heavy atom. The summed E-state index contributed by atoms with van der Waals surface area (Å²) in [5.41, 5.74) is 2.37. The van der Waals surface area contributed by atoms with Crippen LogP contribution < -0.4 is 20.3 Å². The molecular formula is C29H26N4O4. The molecule has 0 saturated heterocycles. The topological polar surface area (TPSA) is 98.3 Å². The van der Waals surface area contributed by atoms with E-state index in [1.807, 2.05) is 54.6 Å². The highest BCUT2D eigenvalue weighted by Gasteiger charge is 2.20. The van der Waals surface area contributed by atoms with Crippen LogP contribution in [-0.2, 0) is 18.4 Å². The second kappa shape index (κ2) is 11.1. The third kappa shape index (κ3) is 5.46. The van der Waals surface area contributed by atoms with Crippen LogP contribution in [0.25, 0.3) is 11.8 Å². The fourth-order valence-electron chi connectivity index (χ4n) is 3.84. The quantitative estimate of drug-likeness (QED) is 0.285. The number of nitrogens with zero attached hydrogens (tertiary/aromatic N) is 3. The first-order valence-corrected chi connectivity index (χ1v) is 11.5. The molecule has 1 heterocycles. The Morgan fingerprint density at radius 1 is 1.03 bits per heavy atom. The lowest BCUT2D eigenvalue weighted by Gasteiger charge is -2.11. The molecule has 0 aliphatic rings. The van der Waals surface area contributed by atoms with Gasteiger partial charge >= 0.3 is 0 Å². The summed E-state index contributed by atoms with van der Waals surface area (Å²) >= 11 is 0. The van der Waals surface area contributed by atoms with Gasteiger partial charge in [-0.25, -0.2) is 4.68 Å². The maximum absolute atomic E-state index is 13.1. The predicted octanol–water partition coefficient (Wildman–Crippen LogP) is 4.62. The van der Waals surface area contributed by atoms with Crippen molar-refractivity contribution in [2.75, 3.05) is 12.4 Å². The zero-order chi connectivity index (χ0) is 26.4. The smallest absolute Gasteiger partial charge is 0.295 e. The van der Waals surface area contributed by atoms with E-state index in [9.17, 15) is 14.9 Å². The molecule has 0 aliphatic carbocycles. The number of ether oxygens (including phenoxy) is 2. The maximum Gasteiger partial charge on any atom is 0.295 e. The van der Waals surface area contributed by atoms with Gasteiger partial charge in [-0.1, -0.05) is 54.6 Å². The van der Waals surface area contributed by atoms with Gasteiger partial charge in [0.2, 0.25) is 0 Å². The lowest BCUT2D eigenvalue weighted by Crippen LogP contribution is -2.23. The first kappa shape index (κ1) is 25.1. The van der Waals surface area contributed by atoms with Gasteiger partial charge in [0, 0.05) is 7.05 Å². The van der Waals surface area contributed by atoms with Crippen molar-refractivity contribution in [2.24, 2.45) is 7.05 Å². The lowest BCUT2D eigenvalue weighted by atomic mass is 10.1. The standard InChI is InChI=1S/C29H26N4O4/c1-20-27(29(35)33(32(20)2)24-12-8-5-9-13-24)31-28(34)23(18-30)16-22-14-15-25(26(17-22)36-3)37-19-21-10-6-4-7-11-21/h4-17H,19H2,1-3H3,(H,31,34). The molecule has 0 spiro atoms. The van der Waals surface area contributed by atoms with E-state index in [4.69, 9.17) is 9.47 Å². The van der Waals surface area contributed by atoms with E-state index in [-0.39, 0.29) is 11.3 Å². The highest BCUT2D eigenvalue weighted by molar-refractivity contribution is 6.09. The molecule has 1 amide bonds. The number of nitrogens with one attached hydrogen (secondary N) is 1. The number of anilines is 1. The lowest BCUT2D eigenvalue weighted by molar-refractivity contribution is -0.112. The Kier molecular flexibility index (Phi) is 7.55. The number of carbonyl (C=O) groups excluding carboxylic acids is 1. The number of amides is 1. The van der Waals surface area contributed by atoms with Gasteiger partial charge in [0.05, 0.1) is 18.5 Å². The number of para-hydroxylation sites is 1. The van der Waals surface area contributed by atoms with Crippen LogP contribution >= 0.6 is 0 Å². The number of hydrogen-bond donors (Lipinski definition) is 1. The minimum atomic E-state index is -0.683. The second-order valence-corrected chi connectivity index (χ2v) is 8.25. The highest BCUT2D eigenvalue weighted by atomic mass is 16.5. The van der Waals surface area contributed by atoms with Crippen LogP contribution in [0.5, 0.6) is 11.5 Å². The molecule has 0 aliphatic heterocycles. The Bertz CT molecular complexity index is 1540. The molecule has 1 N–H and O–H groups in total. The predicted molar refractivity (Wildman–Crippen MR) is 142 cm³/mol. The molecule has 3 aromatic carbocycles. The van der Waals surface area contributed by atoms with Gasteiger partial charge in [-0.15, -0.1) is 0 Å². The molecule has 0 unspecified atom stereocenters. The Labute approximate surface area is 214 Å². The van der Waals surface area contributed by atoms with Crippen LogP contribution in [0.4, 0.5) is 5.69 Å². The van der Waals surface area contributed by atoms with Gasteiger partial charge in [0.25, 0.3) is 11.5 Å². The van der Waals surface area contributed by atoms with Crippen LogP contribution in [0.15, 0.2) is 89.2 Å². The summed E-state index contributed by atoms with van der Waals surface area (Å²) in [5.74, 6) is 0.316. The van der Waals surface area contributed by atoms with Crippen molar-refractivity contribution in [1.82, 2.24) is 9.36 Å². The monoisotopic (exact) mass is 494 g/mol. The van der Waals surface area contributed by atoms with Crippen molar-refractivity contribution in [1.29, 1.82) is 5.26 Å². The molecule has 0 radical (unpaired) electrons. The fourth-order valence-corrected chi connectivity index (χ4v) is 3.84. The third-order valence-electron chi connectivity index (χ3n) is 5.89. The first-order chi connectivity index (χ1) is 17.9. The maximum atomic E-state index is 13.1. The molecule has 1 aromatic heterocycles. The molecule has 8 nitrogen and oxygen atoms in total. The summed E-state index contributed by atoms with van der Waals surface area (Å²) in [6, 6.07) is 25.9. The number of benzene rings is 3. The third-order valence-corrected chi connectivity index (χ3v) is 5.89. The normalized spacial score (nSPS) is 11.0. The summed E-state index contributed by atoms with van der Waals surface area (Å²) in [7, 11) is 3.25. The van der Waals surface area contributed by atoms with E-state index in [0.717, 1.165) is 5.56 Å². The van der Waals surface area contributed by atoms with Crippen molar-refractivity contribution in [2.45, 2.75) is 13.5 Å². The molecule has 0 fully saturated rings. The van der Waals surface area contributed by atoms with Gasteiger partial charge in [-0.3, -0.25) is 14.3 Å². The zero-order valence-corrected chi connectivity index (χ0v) is 20.8. The number of carbonyl (C=O) groups is 1. The van der Waals surface area contributed by atoms with E-state index in [0.29, 0.717) is 35.1 Å². The van der Waals surface area contributed by atoms with E-state index < -0.39 is 11.5 Å². The summed E-state index contributed by atoms with van der Waals surface area (Å²) in [4.78, 5) is 26.1. The van der Waals surface area contributed by atoms with E-state index in [2.05, 4.69) is 5.32 Å². The van der Waals surface area contributed by atoms with Crippen molar-refractivity contribution in [3.05, 3.63) is 112 Å². The Balaban J connectivity index is 1.56. The van der Waals surface area contributed by atoms with E-state index in [1.165, 1.54) is 17.9 Å². The van der Waals surface area contributed by atoms with Crippen LogP contribution in [0.3, 0.4) is 0 Å². The highest BCUT2D eigenvalue weighted by Crippen LogP contribution is 2.30. The van der Waals surface area contributed by atoms with Crippen LogP contribution in [0.2, 0.25) is 0 Å². The van der Waals surface area contributed by atoms with Gasteiger partial charge in [-0.2, -0.15) is 5.26 Å². The molecule has 0 bridgehead atoms. The molecule has 4 aromatic rings. The number of rotatable bonds is 8. The summed E-state index contributed by atoms with van der Waals surface area (Å²) in [5, 5.41) is 12.3. The van der Waals surface area contributed by atoms with Crippen LogP contribution in [-0.4, -0.2) is 22.4 Å². The average molecular weight is 495 g/mol. The molecule has 186 valence electrons. The zero-order valence-electron chi connectivity index (χ0n) is 20.8. The molecule has 0 saturated carbocycles. The van der Waals surface area contributed by atoms with Crippen LogP contribution in [0.1, 0.15) is 16.8 Å². The molecule has 8 heteroatoms. The summed E-state index contributed by atoms with van der Waals surface area (Å²) in [6.07, 6.45) is 1.44. The number of methoxy groups -OCH3 is 1. The van der Waals surface area contributed by atoms with Crippen molar-refractivity contribution in [3.8, 4) is 23.3 Å². The number of aromatic nitrogens is 2. The molecule has 0 atom stereocenters. The SMILES string of the molecule is COc1cc(C=C(C#N)C(=O)Nc2c(C)n(C)n(-c3ccccc3)c2=O)ccc1OCc1ccccc1. The van der Waals surface area contributed by atoms with Gasteiger partial charge < -0.3 is 14.8 Å². The second-order valence-electron chi connectivity index (χ2n) is 8.25.